The fourth-order valence-corrected chi connectivity index (χ4v) is 2.32. The van der Waals surface area contributed by atoms with Crippen molar-refractivity contribution in [2.24, 2.45) is 0 Å². The summed E-state index contributed by atoms with van der Waals surface area (Å²) in [6, 6.07) is 5.00. The number of methoxy groups -OCH3 is 1. The molecule has 0 unspecified atom stereocenters. The minimum Gasteiger partial charge on any atom is -0.497 e. The van der Waals surface area contributed by atoms with E-state index in [0.29, 0.717) is 11.3 Å². The van der Waals surface area contributed by atoms with Crippen molar-refractivity contribution in [1.82, 2.24) is 0 Å². The van der Waals surface area contributed by atoms with Gasteiger partial charge in [0, 0.05) is 9.64 Å². The summed E-state index contributed by atoms with van der Waals surface area (Å²) in [6.45, 7) is 6.13. The second kappa shape index (κ2) is 4.78. The summed E-state index contributed by atoms with van der Waals surface area (Å²) in [6.07, 6.45) is 0. The van der Waals surface area contributed by atoms with Crippen LogP contribution in [0.3, 0.4) is 0 Å². The van der Waals surface area contributed by atoms with Crippen molar-refractivity contribution < 1.29 is 14.6 Å². The van der Waals surface area contributed by atoms with Crippen molar-refractivity contribution in [3.63, 3.8) is 0 Å². The van der Waals surface area contributed by atoms with E-state index in [1.165, 1.54) is 11.8 Å². The van der Waals surface area contributed by atoms with Gasteiger partial charge in [-0.2, -0.15) is 0 Å². The van der Waals surface area contributed by atoms with E-state index >= 15 is 0 Å². The lowest BCUT2D eigenvalue weighted by molar-refractivity contribution is 0.0693. The largest absolute Gasteiger partial charge is 0.497 e. The lowest BCUT2D eigenvalue weighted by atomic mass is 10.2. The quantitative estimate of drug-likeness (QED) is 0.823. The lowest BCUT2D eigenvalue weighted by Crippen LogP contribution is -2.09. The van der Waals surface area contributed by atoms with Gasteiger partial charge in [-0.05, 0) is 18.2 Å². The third kappa shape index (κ3) is 3.45. The van der Waals surface area contributed by atoms with Gasteiger partial charge in [-0.15, -0.1) is 11.8 Å². The van der Waals surface area contributed by atoms with Crippen molar-refractivity contribution in [3.8, 4) is 5.75 Å². The molecule has 0 atom stereocenters. The van der Waals surface area contributed by atoms with Crippen LogP contribution in [0.15, 0.2) is 23.1 Å². The zero-order valence-electron chi connectivity index (χ0n) is 9.90. The highest BCUT2D eigenvalue weighted by molar-refractivity contribution is 8.00. The molecule has 1 aromatic rings. The number of thioether (sulfide) groups is 1. The smallest absolute Gasteiger partial charge is 0.336 e. The van der Waals surface area contributed by atoms with Gasteiger partial charge in [0.25, 0.3) is 0 Å². The molecule has 0 amide bonds. The molecule has 0 heterocycles. The zero-order chi connectivity index (χ0) is 12.3. The van der Waals surface area contributed by atoms with E-state index in [1.807, 2.05) is 20.8 Å². The summed E-state index contributed by atoms with van der Waals surface area (Å²) in [4.78, 5) is 11.8. The number of rotatable bonds is 3. The van der Waals surface area contributed by atoms with Gasteiger partial charge in [-0.3, -0.25) is 0 Å². The van der Waals surface area contributed by atoms with Crippen LogP contribution < -0.4 is 4.74 Å². The number of hydrogen-bond acceptors (Lipinski definition) is 3. The summed E-state index contributed by atoms with van der Waals surface area (Å²) in [5.41, 5.74) is 0.320. The Hall–Kier alpha value is -1.16. The maximum atomic E-state index is 11.1. The van der Waals surface area contributed by atoms with E-state index in [2.05, 4.69) is 0 Å². The standard InChI is InChI=1S/C12H16O3S/c1-12(2,3)16-10-7-8(15-4)5-6-9(10)11(13)14/h5-7H,1-4H3,(H,13,14). The molecule has 88 valence electrons. The highest BCUT2D eigenvalue weighted by Crippen LogP contribution is 2.36. The van der Waals surface area contributed by atoms with Crippen molar-refractivity contribution in [2.75, 3.05) is 7.11 Å². The summed E-state index contributed by atoms with van der Waals surface area (Å²) < 4.78 is 5.07. The summed E-state index contributed by atoms with van der Waals surface area (Å²) in [7, 11) is 1.57. The molecule has 0 bridgehead atoms. The maximum Gasteiger partial charge on any atom is 0.336 e. The molecule has 4 heteroatoms. The van der Waals surface area contributed by atoms with Gasteiger partial charge in [0.1, 0.15) is 5.75 Å². The normalized spacial score (nSPS) is 11.2. The number of carboxylic acids is 1. The Bertz CT molecular complexity index is 394. The number of aromatic carboxylic acids is 1. The van der Waals surface area contributed by atoms with Crippen LogP contribution in [0.4, 0.5) is 0 Å². The van der Waals surface area contributed by atoms with Gasteiger partial charge < -0.3 is 9.84 Å². The number of ether oxygens (including phenoxy) is 1. The Morgan fingerprint density at radius 3 is 2.44 bits per heavy atom. The fourth-order valence-electron chi connectivity index (χ4n) is 1.22. The van der Waals surface area contributed by atoms with Crippen LogP contribution in [0.5, 0.6) is 5.75 Å². The summed E-state index contributed by atoms with van der Waals surface area (Å²) in [5.74, 6) is -0.230. The third-order valence-electron chi connectivity index (χ3n) is 1.84. The van der Waals surface area contributed by atoms with E-state index in [4.69, 9.17) is 9.84 Å². The molecule has 0 spiro atoms. The highest BCUT2D eigenvalue weighted by atomic mass is 32.2. The zero-order valence-corrected chi connectivity index (χ0v) is 10.7. The lowest BCUT2D eigenvalue weighted by Gasteiger charge is -2.19. The van der Waals surface area contributed by atoms with Gasteiger partial charge in [0.05, 0.1) is 12.7 Å². The molecule has 3 nitrogen and oxygen atoms in total. The molecule has 16 heavy (non-hydrogen) atoms. The second-order valence-corrected chi connectivity index (χ2v) is 6.25. The summed E-state index contributed by atoms with van der Waals surface area (Å²) in [5, 5.41) is 9.07. The van der Waals surface area contributed by atoms with Crippen LogP contribution in [-0.4, -0.2) is 22.9 Å². The molecule has 1 N–H and O–H groups in total. The van der Waals surface area contributed by atoms with Crippen molar-refractivity contribution in [2.45, 2.75) is 30.4 Å². The van der Waals surface area contributed by atoms with Crippen LogP contribution in [0, 0.1) is 0 Å². The number of hydrogen-bond donors (Lipinski definition) is 1. The van der Waals surface area contributed by atoms with Crippen LogP contribution in [0.25, 0.3) is 0 Å². The molecule has 1 aromatic carbocycles. The van der Waals surface area contributed by atoms with Crippen molar-refractivity contribution in [3.05, 3.63) is 23.8 Å². The first-order valence-corrected chi connectivity index (χ1v) is 5.75. The first-order valence-electron chi connectivity index (χ1n) is 4.94. The Morgan fingerprint density at radius 1 is 1.38 bits per heavy atom. The van der Waals surface area contributed by atoms with E-state index in [9.17, 15) is 4.79 Å². The molecule has 0 radical (unpaired) electrons. The Balaban J connectivity index is 3.15. The molecule has 0 saturated carbocycles. The second-order valence-electron chi connectivity index (χ2n) is 4.38. The van der Waals surface area contributed by atoms with Gasteiger partial charge in [0.2, 0.25) is 0 Å². The summed E-state index contributed by atoms with van der Waals surface area (Å²) >= 11 is 1.52. The van der Waals surface area contributed by atoms with Crippen LogP contribution in [0.1, 0.15) is 31.1 Å². The number of carbonyl (C=O) groups is 1. The molecule has 0 aliphatic rings. The van der Waals surface area contributed by atoms with Crippen LogP contribution in [0.2, 0.25) is 0 Å². The molecule has 0 aliphatic carbocycles. The molecule has 1 rings (SSSR count). The van der Waals surface area contributed by atoms with Crippen LogP contribution in [-0.2, 0) is 0 Å². The molecule has 0 aromatic heterocycles. The predicted octanol–water partition coefficient (Wildman–Crippen LogP) is 3.28. The predicted molar refractivity (Wildman–Crippen MR) is 65.6 cm³/mol. The van der Waals surface area contributed by atoms with E-state index < -0.39 is 5.97 Å². The Labute approximate surface area is 99.8 Å². The van der Waals surface area contributed by atoms with Crippen molar-refractivity contribution >= 4 is 17.7 Å². The molecular weight excluding hydrogens is 224 g/mol. The number of carboxylic acid groups (broad SMARTS) is 1. The SMILES string of the molecule is COc1ccc(C(=O)O)c(SC(C)(C)C)c1. The monoisotopic (exact) mass is 240 g/mol. The van der Waals surface area contributed by atoms with Gasteiger partial charge in [-0.25, -0.2) is 4.79 Å². The molecule has 0 saturated heterocycles. The van der Waals surface area contributed by atoms with Crippen molar-refractivity contribution in [1.29, 1.82) is 0 Å². The highest BCUT2D eigenvalue weighted by Gasteiger charge is 2.18. The number of benzene rings is 1. The minimum absolute atomic E-state index is 0.0312. The molecular formula is C12H16O3S. The fraction of sp³-hybridized carbons (Fsp3) is 0.417. The van der Waals surface area contributed by atoms with Crippen LogP contribution >= 0.6 is 11.8 Å². The topological polar surface area (TPSA) is 46.5 Å². The first kappa shape index (κ1) is 12.9. The van der Waals surface area contributed by atoms with E-state index in [-0.39, 0.29) is 4.75 Å². The van der Waals surface area contributed by atoms with Gasteiger partial charge >= 0.3 is 5.97 Å². The van der Waals surface area contributed by atoms with E-state index in [0.717, 1.165) is 4.90 Å². The Morgan fingerprint density at radius 2 is 2.00 bits per heavy atom. The molecule has 0 aliphatic heterocycles. The first-order chi connectivity index (χ1) is 7.33. The molecule has 0 fully saturated rings. The maximum absolute atomic E-state index is 11.1. The minimum atomic E-state index is -0.908. The van der Waals surface area contributed by atoms with E-state index in [1.54, 1.807) is 25.3 Å². The average molecular weight is 240 g/mol. The third-order valence-corrected chi connectivity index (χ3v) is 3.01. The Kier molecular flexibility index (Phi) is 3.86. The van der Waals surface area contributed by atoms with Gasteiger partial charge in [-0.1, -0.05) is 20.8 Å². The average Bonchev–Trinajstić information content (AvgIpc) is 2.14. The van der Waals surface area contributed by atoms with Gasteiger partial charge in [0.15, 0.2) is 0 Å².